The van der Waals surface area contributed by atoms with Crippen molar-refractivity contribution in [1.82, 2.24) is 0 Å². The van der Waals surface area contributed by atoms with Gasteiger partial charge in [0.2, 0.25) is 0 Å². The molecule has 4 nitrogen and oxygen atoms in total. The van der Waals surface area contributed by atoms with Gasteiger partial charge < -0.3 is 10.9 Å². The molecule has 0 aliphatic carbocycles. The Labute approximate surface area is 174 Å². The van der Waals surface area contributed by atoms with Gasteiger partial charge in [-0.3, -0.25) is 0 Å². The number of hydrogen-bond donors (Lipinski definition) is 0. The molecular weight excluding hydrogens is 365 g/mol. The maximum Gasteiger partial charge on any atom is 1.00 e. The van der Waals surface area contributed by atoms with Crippen LogP contribution in [0.1, 0.15) is 49.8 Å². The molecule has 0 atom stereocenters. The molecule has 0 radical (unpaired) electrons. The van der Waals surface area contributed by atoms with Crippen molar-refractivity contribution in [2.45, 2.75) is 39.9 Å². The summed E-state index contributed by atoms with van der Waals surface area (Å²) in [5.74, 6) is -0.789. The van der Waals surface area contributed by atoms with Gasteiger partial charge in [0.1, 0.15) is 0 Å². The van der Waals surface area contributed by atoms with Crippen molar-refractivity contribution >= 4 is 11.9 Å². The summed E-state index contributed by atoms with van der Waals surface area (Å²) >= 11 is 0. The molecule has 0 aromatic heterocycles. The molecule has 1 rings (SSSR count). The van der Waals surface area contributed by atoms with Gasteiger partial charge in [-0.15, -0.1) is 0 Å². The maximum absolute atomic E-state index is 11.6. The molecule has 19 heavy (non-hydrogen) atoms. The Morgan fingerprint density at radius 3 is 1.32 bits per heavy atom. The Balaban J connectivity index is 0. The standard InChI is InChI=1S/C14H18O4.Cs.H/c1-9(2)17-13(15)11-5-7-12(8-6-11)14(16)18-10(3)4;;/h5-10H,1-4H3;;/q;+1;-1. The first-order chi connectivity index (χ1) is 8.40. The largest absolute Gasteiger partial charge is 1.00 e. The summed E-state index contributed by atoms with van der Waals surface area (Å²) in [5, 5.41) is 0. The molecule has 0 amide bonds. The van der Waals surface area contributed by atoms with Crippen LogP contribution in [0.25, 0.3) is 0 Å². The van der Waals surface area contributed by atoms with Crippen molar-refractivity contribution in [3.63, 3.8) is 0 Å². The number of esters is 2. The topological polar surface area (TPSA) is 52.6 Å². The molecule has 1 aromatic carbocycles. The molecule has 0 N–H and O–H groups in total. The number of benzene rings is 1. The molecule has 0 aliphatic rings. The van der Waals surface area contributed by atoms with E-state index in [2.05, 4.69) is 0 Å². The van der Waals surface area contributed by atoms with Crippen LogP contribution in [-0.2, 0) is 9.47 Å². The number of carbonyl (C=O) groups excluding carboxylic acids is 2. The van der Waals surface area contributed by atoms with Crippen LogP contribution in [0.15, 0.2) is 24.3 Å². The fourth-order valence-corrected chi connectivity index (χ4v) is 1.31. The van der Waals surface area contributed by atoms with Crippen LogP contribution >= 0.6 is 0 Å². The van der Waals surface area contributed by atoms with E-state index in [4.69, 9.17) is 9.47 Å². The summed E-state index contributed by atoms with van der Waals surface area (Å²) in [6, 6.07) is 6.23. The third-order valence-electron chi connectivity index (χ3n) is 2.04. The minimum Gasteiger partial charge on any atom is -1.00 e. The molecule has 0 saturated heterocycles. The minimum atomic E-state index is -0.395. The van der Waals surface area contributed by atoms with Gasteiger partial charge in [0.15, 0.2) is 0 Å². The number of carbonyl (C=O) groups is 2. The van der Waals surface area contributed by atoms with Crippen molar-refractivity contribution in [3.05, 3.63) is 35.4 Å². The monoisotopic (exact) mass is 384 g/mol. The van der Waals surface area contributed by atoms with E-state index in [-0.39, 0.29) is 82.5 Å². The number of rotatable bonds is 4. The third-order valence-corrected chi connectivity index (χ3v) is 2.04. The first kappa shape index (κ1) is 19.2. The van der Waals surface area contributed by atoms with E-state index in [1.165, 1.54) is 0 Å². The molecular formula is C14H19CsO4. The van der Waals surface area contributed by atoms with Gasteiger partial charge >= 0.3 is 80.8 Å². The fraction of sp³-hybridized carbons (Fsp3) is 0.429. The van der Waals surface area contributed by atoms with Gasteiger partial charge in [-0.05, 0) is 52.0 Å². The molecule has 0 spiro atoms. The fourth-order valence-electron chi connectivity index (χ4n) is 1.31. The zero-order chi connectivity index (χ0) is 13.7. The molecule has 1 aromatic rings. The van der Waals surface area contributed by atoms with Crippen molar-refractivity contribution in [2.75, 3.05) is 0 Å². The Kier molecular flexibility index (Phi) is 9.31. The second-order valence-corrected chi connectivity index (χ2v) is 4.49. The summed E-state index contributed by atoms with van der Waals surface area (Å²) < 4.78 is 10.1. The van der Waals surface area contributed by atoms with Crippen molar-refractivity contribution in [1.29, 1.82) is 0 Å². The van der Waals surface area contributed by atoms with E-state index in [0.717, 1.165) is 0 Å². The van der Waals surface area contributed by atoms with Gasteiger partial charge in [-0.1, -0.05) is 0 Å². The summed E-state index contributed by atoms with van der Waals surface area (Å²) in [6.45, 7) is 7.14. The molecule has 0 heterocycles. The summed E-state index contributed by atoms with van der Waals surface area (Å²) in [5.41, 5.74) is 0.842. The van der Waals surface area contributed by atoms with Gasteiger partial charge in [-0.2, -0.15) is 0 Å². The quantitative estimate of drug-likeness (QED) is 0.683. The van der Waals surface area contributed by atoms with Crippen LogP contribution in [-0.4, -0.2) is 24.1 Å². The molecule has 0 fully saturated rings. The molecule has 100 valence electrons. The van der Waals surface area contributed by atoms with E-state index in [0.29, 0.717) is 11.1 Å². The van der Waals surface area contributed by atoms with E-state index >= 15 is 0 Å². The van der Waals surface area contributed by atoms with Gasteiger partial charge in [0.05, 0.1) is 23.3 Å². The molecule has 5 heteroatoms. The van der Waals surface area contributed by atoms with E-state index in [1.807, 2.05) is 0 Å². The van der Waals surface area contributed by atoms with Crippen LogP contribution in [0.5, 0.6) is 0 Å². The number of hydrogen-bond acceptors (Lipinski definition) is 4. The van der Waals surface area contributed by atoms with Crippen LogP contribution in [0.3, 0.4) is 0 Å². The zero-order valence-electron chi connectivity index (χ0n) is 13.1. The minimum absolute atomic E-state index is 0. The third kappa shape index (κ3) is 6.97. The summed E-state index contributed by atoms with van der Waals surface area (Å²) in [4.78, 5) is 23.2. The molecule has 0 unspecified atom stereocenters. The predicted octanol–water partition coefficient (Wildman–Crippen LogP) is -0.0665. The van der Waals surface area contributed by atoms with Crippen molar-refractivity contribution in [2.24, 2.45) is 0 Å². The van der Waals surface area contributed by atoms with Crippen molar-refractivity contribution < 1.29 is 89.4 Å². The predicted molar refractivity (Wildman–Crippen MR) is 68.7 cm³/mol. The molecule has 0 aliphatic heterocycles. The van der Waals surface area contributed by atoms with E-state index in [1.54, 1.807) is 52.0 Å². The van der Waals surface area contributed by atoms with Gasteiger partial charge in [0, 0.05) is 0 Å². The smallest absolute Gasteiger partial charge is 1.00 e. The maximum atomic E-state index is 11.6. The second kappa shape index (κ2) is 9.20. The molecule has 0 saturated carbocycles. The Hall–Kier alpha value is 0.212. The summed E-state index contributed by atoms with van der Waals surface area (Å²) in [7, 11) is 0. The van der Waals surface area contributed by atoms with Crippen LogP contribution in [0.4, 0.5) is 0 Å². The normalized spacial score (nSPS) is 10.0. The first-order valence-electron chi connectivity index (χ1n) is 5.92. The van der Waals surface area contributed by atoms with Gasteiger partial charge in [0.25, 0.3) is 0 Å². The van der Waals surface area contributed by atoms with Crippen LogP contribution in [0, 0.1) is 0 Å². The van der Waals surface area contributed by atoms with Crippen LogP contribution < -0.4 is 68.9 Å². The SMILES string of the molecule is CC(C)OC(=O)c1ccc(C(=O)OC(C)C)cc1.[Cs+].[H-]. The Bertz CT molecular complexity index is 388. The van der Waals surface area contributed by atoms with Crippen molar-refractivity contribution in [3.8, 4) is 0 Å². The average molecular weight is 384 g/mol. The average Bonchev–Trinajstić information content (AvgIpc) is 2.27. The van der Waals surface area contributed by atoms with E-state index < -0.39 is 11.9 Å². The first-order valence-corrected chi connectivity index (χ1v) is 5.92. The zero-order valence-corrected chi connectivity index (χ0v) is 18.4. The van der Waals surface area contributed by atoms with Crippen LogP contribution in [0.2, 0.25) is 0 Å². The Morgan fingerprint density at radius 2 is 1.11 bits per heavy atom. The Morgan fingerprint density at radius 1 is 0.842 bits per heavy atom. The van der Waals surface area contributed by atoms with Gasteiger partial charge in [-0.25, -0.2) is 9.59 Å². The summed E-state index contributed by atoms with van der Waals surface area (Å²) in [6.07, 6.45) is -0.328. The molecule has 0 bridgehead atoms. The number of ether oxygens (including phenoxy) is 2. The van der Waals surface area contributed by atoms with E-state index in [9.17, 15) is 9.59 Å². The second-order valence-electron chi connectivity index (χ2n) is 4.49.